The molecule has 0 heterocycles. The fourth-order valence-corrected chi connectivity index (χ4v) is 2.18. The summed E-state index contributed by atoms with van der Waals surface area (Å²) >= 11 is 5.68. The first-order chi connectivity index (χ1) is 8.88. The molecule has 0 aliphatic heterocycles. The molecule has 0 amide bonds. The van der Waals surface area contributed by atoms with Crippen LogP contribution in [0.5, 0.6) is 0 Å². The van der Waals surface area contributed by atoms with E-state index in [1.807, 2.05) is 0 Å². The molecule has 0 saturated heterocycles. The second-order valence-corrected chi connectivity index (χ2v) is 5.14. The fraction of sp³-hybridized carbons (Fsp3) is 0.200. The molecule has 4 heteroatoms. The highest BCUT2D eigenvalue weighted by atomic mass is 35.5. The Morgan fingerprint density at radius 3 is 2.32 bits per heavy atom. The SMILES string of the molecule is CC(O)(Cc1ccc(F)cc1)c1ccc(Cl)cc1F. The summed E-state index contributed by atoms with van der Waals surface area (Å²) in [7, 11) is 0. The zero-order valence-electron chi connectivity index (χ0n) is 10.3. The number of benzene rings is 2. The van der Waals surface area contributed by atoms with E-state index in [9.17, 15) is 13.9 Å². The van der Waals surface area contributed by atoms with Crippen molar-refractivity contribution in [3.8, 4) is 0 Å². The maximum absolute atomic E-state index is 13.8. The van der Waals surface area contributed by atoms with Crippen molar-refractivity contribution in [2.45, 2.75) is 18.9 Å². The molecule has 1 nitrogen and oxygen atoms in total. The van der Waals surface area contributed by atoms with Crippen LogP contribution in [0.1, 0.15) is 18.1 Å². The summed E-state index contributed by atoms with van der Waals surface area (Å²) in [5.41, 5.74) is -0.492. The Kier molecular flexibility index (Phi) is 3.88. The van der Waals surface area contributed by atoms with E-state index in [0.717, 1.165) is 11.6 Å². The van der Waals surface area contributed by atoms with E-state index in [2.05, 4.69) is 0 Å². The standard InChI is InChI=1S/C15H13ClF2O/c1-15(19,9-10-2-5-12(17)6-3-10)13-7-4-11(16)8-14(13)18/h2-8,19H,9H2,1H3. The first-order valence-electron chi connectivity index (χ1n) is 5.81. The van der Waals surface area contributed by atoms with Gasteiger partial charge < -0.3 is 5.11 Å². The molecule has 0 aromatic heterocycles. The van der Waals surface area contributed by atoms with E-state index in [4.69, 9.17) is 11.6 Å². The number of halogens is 3. The molecular formula is C15H13ClF2O. The van der Waals surface area contributed by atoms with Crippen LogP contribution in [0, 0.1) is 11.6 Å². The van der Waals surface area contributed by atoms with Gasteiger partial charge in [-0.3, -0.25) is 0 Å². The van der Waals surface area contributed by atoms with Gasteiger partial charge >= 0.3 is 0 Å². The average molecular weight is 283 g/mol. The minimum Gasteiger partial charge on any atom is -0.385 e. The minimum atomic E-state index is -1.38. The zero-order chi connectivity index (χ0) is 14.0. The second kappa shape index (κ2) is 5.27. The molecular weight excluding hydrogens is 270 g/mol. The Morgan fingerprint density at radius 2 is 1.74 bits per heavy atom. The number of hydrogen-bond acceptors (Lipinski definition) is 1. The molecule has 2 aromatic rings. The van der Waals surface area contributed by atoms with Crippen molar-refractivity contribution in [2.24, 2.45) is 0 Å². The quantitative estimate of drug-likeness (QED) is 0.900. The Hall–Kier alpha value is -1.45. The maximum atomic E-state index is 13.8. The number of rotatable bonds is 3. The molecule has 1 unspecified atom stereocenters. The fourth-order valence-electron chi connectivity index (χ4n) is 2.02. The lowest BCUT2D eigenvalue weighted by atomic mass is 9.89. The van der Waals surface area contributed by atoms with Crippen LogP contribution in [0.2, 0.25) is 5.02 Å². The van der Waals surface area contributed by atoms with Gasteiger partial charge in [0, 0.05) is 17.0 Å². The van der Waals surface area contributed by atoms with Crippen LogP contribution in [0.4, 0.5) is 8.78 Å². The van der Waals surface area contributed by atoms with Gasteiger partial charge in [0.05, 0.1) is 5.60 Å². The summed E-state index contributed by atoms with van der Waals surface area (Å²) in [5, 5.41) is 10.7. The molecule has 0 aliphatic rings. The van der Waals surface area contributed by atoms with Crippen LogP contribution in [0.3, 0.4) is 0 Å². The molecule has 19 heavy (non-hydrogen) atoms. The van der Waals surface area contributed by atoms with Gasteiger partial charge in [0.25, 0.3) is 0 Å². The Bertz CT molecular complexity index is 579. The van der Waals surface area contributed by atoms with Crippen molar-refractivity contribution in [2.75, 3.05) is 0 Å². The van der Waals surface area contributed by atoms with Gasteiger partial charge in [-0.1, -0.05) is 29.8 Å². The van der Waals surface area contributed by atoms with Crippen LogP contribution in [-0.2, 0) is 12.0 Å². The number of aliphatic hydroxyl groups is 1. The largest absolute Gasteiger partial charge is 0.385 e. The molecule has 0 radical (unpaired) electrons. The molecule has 0 fully saturated rings. The molecule has 0 saturated carbocycles. The van der Waals surface area contributed by atoms with Crippen LogP contribution < -0.4 is 0 Å². The monoisotopic (exact) mass is 282 g/mol. The van der Waals surface area contributed by atoms with Crippen molar-refractivity contribution in [1.82, 2.24) is 0 Å². The van der Waals surface area contributed by atoms with E-state index in [1.54, 1.807) is 12.1 Å². The third-order valence-electron chi connectivity index (χ3n) is 2.97. The predicted molar refractivity (Wildman–Crippen MR) is 71.1 cm³/mol. The van der Waals surface area contributed by atoms with Gasteiger partial charge in [-0.15, -0.1) is 0 Å². The molecule has 1 atom stereocenters. The lowest BCUT2D eigenvalue weighted by Gasteiger charge is -2.24. The summed E-state index contributed by atoms with van der Waals surface area (Å²) in [5.74, 6) is -0.902. The third-order valence-corrected chi connectivity index (χ3v) is 3.21. The third kappa shape index (κ3) is 3.31. The first-order valence-corrected chi connectivity index (χ1v) is 6.19. The van der Waals surface area contributed by atoms with Crippen molar-refractivity contribution >= 4 is 11.6 Å². The summed E-state index contributed by atoms with van der Waals surface area (Å²) in [6.07, 6.45) is 0.186. The zero-order valence-corrected chi connectivity index (χ0v) is 11.1. The van der Waals surface area contributed by atoms with E-state index in [1.165, 1.54) is 31.2 Å². The van der Waals surface area contributed by atoms with Gasteiger partial charge in [-0.2, -0.15) is 0 Å². The van der Waals surface area contributed by atoms with Crippen molar-refractivity contribution in [3.05, 3.63) is 70.2 Å². The normalized spacial score (nSPS) is 14.2. The van der Waals surface area contributed by atoms with Gasteiger partial charge in [-0.05, 0) is 36.8 Å². The molecule has 0 bridgehead atoms. The Labute approximate surface area is 115 Å². The molecule has 1 N–H and O–H groups in total. The topological polar surface area (TPSA) is 20.2 Å². The smallest absolute Gasteiger partial charge is 0.130 e. The average Bonchev–Trinajstić information content (AvgIpc) is 2.31. The predicted octanol–water partition coefficient (Wildman–Crippen LogP) is 4.07. The van der Waals surface area contributed by atoms with Gasteiger partial charge in [0.2, 0.25) is 0 Å². The maximum Gasteiger partial charge on any atom is 0.130 e. The van der Waals surface area contributed by atoms with Crippen LogP contribution in [-0.4, -0.2) is 5.11 Å². The van der Waals surface area contributed by atoms with Crippen molar-refractivity contribution < 1.29 is 13.9 Å². The highest BCUT2D eigenvalue weighted by molar-refractivity contribution is 6.30. The molecule has 2 rings (SSSR count). The highest BCUT2D eigenvalue weighted by Crippen LogP contribution is 2.29. The van der Waals surface area contributed by atoms with Crippen molar-refractivity contribution in [3.63, 3.8) is 0 Å². The van der Waals surface area contributed by atoms with Crippen LogP contribution >= 0.6 is 11.6 Å². The Morgan fingerprint density at radius 1 is 1.11 bits per heavy atom. The summed E-state index contributed by atoms with van der Waals surface area (Å²) in [6, 6.07) is 9.90. The molecule has 100 valence electrons. The molecule has 0 aliphatic carbocycles. The van der Waals surface area contributed by atoms with Gasteiger partial charge in [0.15, 0.2) is 0 Å². The van der Waals surface area contributed by atoms with Gasteiger partial charge in [0.1, 0.15) is 11.6 Å². The summed E-state index contributed by atoms with van der Waals surface area (Å²) in [6.45, 7) is 1.52. The van der Waals surface area contributed by atoms with Gasteiger partial charge in [-0.25, -0.2) is 8.78 Å². The Balaban J connectivity index is 2.29. The molecule has 2 aromatic carbocycles. The molecule has 0 spiro atoms. The van der Waals surface area contributed by atoms with Crippen LogP contribution in [0.25, 0.3) is 0 Å². The van der Waals surface area contributed by atoms with E-state index in [0.29, 0.717) is 0 Å². The summed E-state index contributed by atoms with van der Waals surface area (Å²) in [4.78, 5) is 0. The van der Waals surface area contributed by atoms with Crippen LogP contribution in [0.15, 0.2) is 42.5 Å². The minimum absolute atomic E-state index is 0.168. The lowest BCUT2D eigenvalue weighted by Crippen LogP contribution is -2.25. The van der Waals surface area contributed by atoms with E-state index < -0.39 is 11.4 Å². The highest BCUT2D eigenvalue weighted by Gasteiger charge is 2.27. The number of hydrogen-bond donors (Lipinski definition) is 1. The first kappa shape index (κ1) is 14.0. The summed E-state index contributed by atoms with van der Waals surface area (Å²) < 4.78 is 26.6. The second-order valence-electron chi connectivity index (χ2n) is 4.70. The van der Waals surface area contributed by atoms with E-state index in [-0.39, 0.29) is 22.8 Å². The van der Waals surface area contributed by atoms with Crippen molar-refractivity contribution in [1.29, 1.82) is 0 Å². The van der Waals surface area contributed by atoms with E-state index >= 15 is 0 Å². The lowest BCUT2D eigenvalue weighted by molar-refractivity contribution is 0.0538.